The smallest absolute Gasteiger partial charge is 0.315 e. The van der Waals surface area contributed by atoms with E-state index in [1.165, 1.54) is 37.7 Å². The highest BCUT2D eigenvalue weighted by molar-refractivity contribution is 5.74. The Morgan fingerprint density at radius 2 is 2.17 bits per heavy atom. The highest BCUT2D eigenvalue weighted by Crippen LogP contribution is 2.58. The van der Waals surface area contributed by atoms with Crippen molar-refractivity contribution < 1.29 is 4.79 Å². The quantitative estimate of drug-likeness (QED) is 0.820. The Hall–Kier alpha value is -1.52. The second kappa shape index (κ2) is 6.17. The van der Waals surface area contributed by atoms with Crippen LogP contribution in [0.5, 0.6) is 0 Å². The van der Waals surface area contributed by atoms with Gasteiger partial charge in [0.1, 0.15) is 0 Å². The Morgan fingerprint density at radius 3 is 3.00 bits per heavy atom. The molecular formula is C18H28N4O. The molecule has 0 aliphatic heterocycles. The summed E-state index contributed by atoms with van der Waals surface area (Å²) >= 11 is 0. The van der Waals surface area contributed by atoms with Crippen molar-refractivity contribution in [1.29, 1.82) is 0 Å². The monoisotopic (exact) mass is 316 g/mol. The molecule has 1 aromatic heterocycles. The molecule has 2 bridgehead atoms. The molecule has 2 N–H and O–H groups in total. The van der Waals surface area contributed by atoms with Crippen LogP contribution in [-0.2, 0) is 13.5 Å². The highest BCUT2D eigenvalue weighted by Gasteiger charge is 2.53. The van der Waals surface area contributed by atoms with E-state index < -0.39 is 0 Å². The molecule has 1 aromatic rings. The molecule has 5 nitrogen and oxygen atoms in total. The number of fused-ring (bicyclic) bond motifs is 5. The summed E-state index contributed by atoms with van der Waals surface area (Å²) in [5.41, 5.74) is 1.23. The van der Waals surface area contributed by atoms with Crippen molar-refractivity contribution in [2.24, 2.45) is 30.7 Å². The summed E-state index contributed by atoms with van der Waals surface area (Å²) in [6.45, 7) is 0.730. The molecule has 5 atom stereocenters. The van der Waals surface area contributed by atoms with E-state index in [9.17, 15) is 4.79 Å². The van der Waals surface area contributed by atoms with E-state index in [1.807, 2.05) is 24.1 Å². The Labute approximate surface area is 138 Å². The van der Waals surface area contributed by atoms with Gasteiger partial charge in [0.2, 0.25) is 0 Å². The van der Waals surface area contributed by atoms with Gasteiger partial charge in [0, 0.05) is 25.8 Å². The van der Waals surface area contributed by atoms with Gasteiger partial charge in [-0.15, -0.1) is 0 Å². The van der Waals surface area contributed by atoms with Crippen LogP contribution in [0.15, 0.2) is 12.4 Å². The number of urea groups is 1. The van der Waals surface area contributed by atoms with Crippen molar-refractivity contribution >= 4 is 6.03 Å². The van der Waals surface area contributed by atoms with Crippen LogP contribution in [0.2, 0.25) is 0 Å². The van der Waals surface area contributed by atoms with Crippen LogP contribution >= 0.6 is 0 Å². The molecule has 23 heavy (non-hydrogen) atoms. The number of hydrogen-bond donors (Lipinski definition) is 2. The molecule has 0 spiro atoms. The van der Waals surface area contributed by atoms with Crippen LogP contribution in [-0.4, -0.2) is 28.4 Å². The molecule has 3 fully saturated rings. The van der Waals surface area contributed by atoms with Gasteiger partial charge in [0.15, 0.2) is 0 Å². The summed E-state index contributed by atoms with van der Waals surface area (Å²) in [6, 6.07) is 0.459. The van der Waals surface area contributed by atoms with Gasteiger partial charge < -0.3 is 10.6 Å². The number of nitrogens with one attached hydrogen (secondary N) is 2. The van der Waals surface area contributed by atoms with Gasteiger partial charge >= 0.3 is 6.03 Å². The standard InChI is InChI=1S/C18H28N4O/c1-22-11-12(10-20-22)4-3-7-19-18(23)21-17-9-13-8-16(17)15-6-2-5-14(13)15/h10-11,13-17H,2-9H2,1H3,(H2,19,21,23)/t13-,14-,15+,16+,17-/m1/s1. The minimum Gasteiger partial charge on any atom is -0.338 e. The van der Waals surface area contributed by atoms with Gasteiger partial charge in [-0.1, -0.05) is 6.42 Å². The van der Waals surface area contributed by atoms with E-state index >= 15 is 0 Å². The predicted molar refractivity (Wildman–Crippen MR) is 88.9 cm³/mol. The molecule has 2 amide bonds. The summed E-state index contributed by atoms with van der Waals surface area (Å²) < 4.78 is 1.82. The number of aromatic nitrogens is 2. The first kappa shape index (κ1) is 15.0. The minimum atomic E-state index is 0.0308. The van der Waals surface area contributed by atoms with E-state index in [4.69, 9.17) is 0 Å². The zero-order valence-electron chi connectivity index (χ0n) is 14.0. The van der Waals surface area contributed by atoms with Gasteiger partial charge in [-0.05, 0) is 67.8 Å². The summed E-state index contributed by atoms with van der Waals surface area (Å²) in [7, 11) is 1.93. The third-order valence-corrected chi connectivity index (χ3v) is 6.43. The normalized spacial score (nSPS) is 34.6. The maximum Gasteiger partial charge on any atom is 0.315 e. The zero-order valence-corrected chi connectivity index (χ0v) is 14.0. The van der Waals surface area contributed by atoms with Crippen molar-refractivity contribution in [3.8, 4) is 0 Å². The van der Waals surface area contributed by atoms with Crippen molar-refractivity contribution in [3.63, 3.8) is 0 Å². The van der Waals surface area contributed by atoms with E-state index in [1.54, 1.807) is 0 Å². The third-order valence-electron chi connectivity index (χ3n) is 6.43. The lowest BCUT2D eigenvalue weighted by atomic mass is 9.79. The summed E-state index contributed by atoms with van der Waals surface area (Å²) in [5.74, 6) is 3.54. The summed E-state index contributed by atoms with van der Waals surface area (Å²) in [5, 5.41) is 10.5. The van der Waals surface area contributed by atoms with Crippen LogP contribution in [0, 0.1) is 23.7 Å². The fraction of sp³-hybridized carbons (Fsp3) is 0.778. The Morgan fingerprint density at radius 1 is 1.30 bits per heavy atom. The first-order valence-electron chi connectivity index (χ1n) is 9.22. The molecule has 0 aromatic carbocycles. The fourth-order valence-corrected chi connectivity index (χ4v) is 5.55. The van der Waals surface area contributed by atoms with Crippen LogP contribution in [0.4, 0.5) is 4.79 Å². The van der Waals surface area contributed by atoms with Crippen molar-refractivity contribution in [2.75, 3.05) is 6.54 Å². The summed E-state index contributed by atoms with van der Waals surface area (Å²) in [4.78, 5) is 12.1. The molecule has 0 unspecified atom stereocenters. The molecule has 126 valence electrons. The molecule has 0 saturated heterocycles. The molecule has 1 heterocycles. The maximum absolute atomic E-state index is 12.1. The van der Waals surface area contributed by atoms with Crippen LogP contribution in [0.25, 0.3) is 0 Å². The number of aryl methyl sites for hydroxylation is 2. The number of rotatable bonds is 5. The number of carbonyl (C=O) groups is 1. The largest absolute Gasteiger partial charge is 0.338 e. The van der Waals surface area contributed by atoms with Gasteiger partial charge in [0.05, 0.1) is 6.20 Å². The fourth-order valence-electron chi connectivity index (χ4n) is 5.55. The average molecular weight is 316 g/mol. The highest BCUT2D eigenvalue weighted by atomic mass is 16.2. The Balaban J connectivity index is 1.18. The van der Waals surface area contributed by atoms with Crippen molar-refractivity contribution in [2.45, 2.75) is 51.0 Å². The molecular weight excluding hydrogens is 288 g/mol. The molecule has 3 saturated carbocycles. The van der Waals surface area contributed by atoms with Gasteiger partial charge in [-0.2, -0.15) is 5.10 Å². The van der Waals surface area contributed by atoms with E-state index in [0.717, 1.165) is 43.1 Å². The van der Waals surface area contributed by atoms with Gasteiger partial charge in [0.25, 0.3) is 0 Å². The van der Waals surface area contributed by atoms with Gasteiger partial charge in [-0.3, -0.25) is 4.68 Å². The predicted octanol–water partition coefficient (Wildman–Crippen LogP) is 2.48. The summed E-state index contributed by atoms with van der Waals surface area (Å²) in [6.07, 6.45) is 12.7. The Bertz CT molecular complexity index is 569. The molecule has 5 heteroatoms. The maximum atomic E-state index is 12.1. The zero-order chi connectivity index (χ0) is 15.8. The van der Waals surface area contributed by atoms with E-state index in [2.05, 4.69) is 15.7 Å². The van der Waals surface area contributed by atoms with E-state index in [0.29, 0.717) is 6.04 Å². The first-order chi connectivity index (χ1) is 11.2. The van der Waals surface area contributed by atoms with E-state index in [-0.39, 0.29) is 6.03 Å². The number of nitrogens with zero attached hydrogens (tertiary/aromatic N) is 2. The molecule has 3 aliphatic carbocycles. The number of carbonyl (C=O) groups excluding carboxylic acids is 1. The number of amides is 2. The molecule has 4 rings (SSSR count). The third kappa shape index (κ3) is 2.98. The first-order valence-corrected chi connectivity index (χ1v) is 9.22. The SMILES string of the molecule is Cn1cc(CCCNC(=O)N[C@@H]2C[C@H]3C[C@H]2[C@H]2CCC[C@H]32)cn1. The number of hydrogen-bond acceptors (Lipinski definition) is 2. The van der Waals surface area contributed by atoms with Crippen molar-refractivity contribution in [1.82, 2.24) is 20.4 Å². The minimum absolute atomic E-state index is 0.0308. The van der Waals surface area contributed by atoms with Crippen LogP contribution in [0.3, 0.4) is 0 Å². The average Bonchev–Trinajstić information content (AvgIpc) is 3.25. The van der Waals surface area contributed by atoms with Crippen LogP contribution < -0.4 is 10.6 Å². The molecule has 3 aliphatic rings. The Kier molecular flexibility index (Phi) is 4.04. The second-order valence-corrected chi connectivity index (χ2v) is 7.79. The topological polar surface area (TPSA) is 59.0 Å². The molecule has 0 radical (unpaired) electrons. The van der Waals surface area contributed by atoms with Gasteiger partial charge in [-0.25, -0.2) is 4.79 Å². The van der Waals surface area contributed by atoms with Crippen molar-refractivity contribution in [3.05, 3.63) is 18.0 Å². The lowest BCUT2D eigenvalue weighted by Crippen LogP contribution is -2.47. The lowest BCUT2D eigenvalue weighted by molar-refractivity contribution is 0.198. The lowest BCUT2D eigenvalue weighted by Gasteiger charge is -2.32. The van der Waals surface area contributed by atoms with Crippen LogP contribution in [0.1, 0.15) is 44.1 Å². The second-order valence-electron chi connectivity index (χ2n) is 7.79.